The number of fused-ring (bicyclic) bond motifs is 1. The van der Waals surface area contributed by atoms with Gasteiger partial charge in [0.15, 0.2) is 0 Å². The van der Waals surface area contributed by atoms with Crippen LogP contribution in [0.5, 0.6) is 0 Å². The number of amides is 2. The second-order valence-electron chi connectivity index (χ2n) is 3.75. The molecular weight excluding hydrogens is 228 g/mol. The Labute approximate surface area is 93.7 Å². The Kier molecular flexibility index (Phi) is 2.59. The number of carbonyl (C=O) groups excluding carboxylic acids is 1. The normalized spacial score (nSPS) is 14.5. The fraction of sp³-hybridized carbons (Fsp3) is 0.300. The molecule has 0 bridgehead atoms. The lowest BCUT2D eigenvalue weighted by atomic mass is 10.1. The smallest absolute Gasteiger partial charge is 0.326 e. The van der Waals surface area contributed by atoms with E-state index in [0.29, 0.717) is 0 Å². The van der Waals surface area contributed by atoms with Crippen molar-refractivity contribution in [3.8, 4) is 0 Å². The molecule has 2 amide bonds. The quantitative estimate of drug-likeness (QED) is 0.790. The van der Waals surface area contributed by atoms with E-state index in [4.69, 9.17) is 5.73 Å². The van der Waals surface area contributed by atoms with Crippen LogP contribution in [0.15, 0.2) is 23.1 Å². The van der Waals surface area contributed by atoms with Crippen molar-refractivity contribution >= 4 is 16.1 Å². The van der Waals surface area contributed by atoms with Gasteiger partial charge in [-0.1, -0.05) is 6.07 Å². The zero-order chi connectivity index (χ0) is 11.8. The van der Waals surface area contributed by atoms with Gasteiger partial charge in [-0.2, -0.15) is 0 Å². The lowest BCUT2D eigenvalue weighted by Gasteiger charge is -2.06. The van der Waals surface area contributed by atoms with Gasteiger partial charge in [0.2, 0.25) is 0 Å². The van der Waals surface area contributed by atoms with Gasteiger partial charge in [-0.25, -0.2) is 17.9 Å². The molecule has 1 aromatic rings. The molecule has 0 aliphatic heterocycles. The zero-order valence-electron chi connectivity index (χ0n) is 8.56. The van der Waals surface area contributed by atoms with Crippen LogP contribution < -0.4 is 10.5 Å². The van der Waals surface area contributed by atoms with Crippen LogP contribution >= 0.6 is 0 Å². The third-order valence-electron chi connectivity index (χ3n) is 2.62. The summed E-state index contributed by atoms with van der Waals surface area (Å²) >= 11 is 0. The summed E-state index contributed by atoms with van der Waals surface area (Å²) in [6.07, 6.45) is 2.91. The van der Waals surface area contributed by atoms with Crippen LogP contribution in [0.2, 0.25) is 0 Å². The van der Waals surface area contributed by atoms with Crippen molar-refractivity contribution in [1.82, 2.24) is 4.72 Å². The highest BCUT2D eigenvalue weighted by atomic mass is 32.2. The predicted octanol–water partition coefficient (Wildman–Crippen LogP) is 0.532. The molecule has 6 heteroatoms. The lowest BCUT2D eigenvalue weighted by Crippen LogP contribution is -2.34. The number of urea groups is 1. The summed E-state index contributed by atoms with van der Waals surface area (Å²) in [5, 5.41) is 0. The molecule has 0 unspecified atom stereocenters. The average molecular weight is 240 g/mol. The Morgan fingerprint density at radius 3 is 2.62 bits per heavy atom. The van der Waals surface area contributed by atoms with E-state index in [1.807, 2.05) is 0 Å². The van der Waals surface area contributed by atoms with E-state index in [1.54, 1.807) is 16.9 Å². The second kappa shape index (κ2) is 3.79. The van der Waals surface area contributed by atoms with Gasteiger partial charge in [-0.15, -0.1) is 0 Å². The highest BCUT2D eigenvalue weighted by Crippen LogP contribution is 2.24. The predicted molar refractivity (Wildman–Crippen MR) is 58.4 cm³/mol. The Hall–Kier alpha value is -1.56. The molecule has 1 aromatic carbocycles. The topological polar surface area (TPSA) is 89.3 Å². The lowest BCUT2D eigenvalue weighted by molar-refractivity contribution is 0.253. The van der Waals surface area contributed by atoms with E-state index >= 15 is 0 Å². The molecule has 2 rings (SSSR count). The minimum Gasteiger partial charge on any atom is -0.351 e. The Morgan fingerprint density at radius 1 is 1.25 bits per heavy atom. The van der Waals surface area contributed by atoms with Crippen molar-refractivity contribution in [2.24, 2.45) is 5.73 Å². The number of benzene rings is 1. The molecule has 0 spiro atoms. The van der Waals surface area contributed by atoms with Gasteiger partial charge in [0.1, 0.15) is 0 Å². The third-order valence-corrected chi connectivity index (χ3v) is 3.96. The minimum atomic E-state index is -3.81. The fourth-order valence-electron chi connectivity index (χ4n) is 1.91. The van der Waals surface area contributed by atoms with Crippen molar-refractivity contribution in [2.75, 3.05) is 0 Å². The molecule has 0 saturated heterocycles. The van der Waals surface area contributed by atoms with Gasteiger partial charge in [0.25, 0.3) is 10.0 Å². The molecule has 5 nitrogen and oxygen atoms in total. The summed E-state index contributed by atoms with van der Waals surface area (Å²) < 4.78 is 25.0. The third kappa shape index (κ3) is 2.01. The number of rotatable bonds is 2. The molecule has 0 atom stereocenters. The van der Waals surface area contributed by atoms with E-state index in [1.165, 1.54) is 11.6 Å². The van der Waals surface area contributed by atoms with Gasteiger partial charge in [-0.05, 0) is 42.5 Å². The summed E-state index contributed by atoms with van der Waals surface area (Å²) in [5.41, 5.74) is 7.01. The number of nitrogens with one attached hydrogen (secondary N) is 1. The van der Waals surface area contributed by atoms with Crippen molar-refractivity contribution in [3.63, 3.8) is 0 Å². The summed E-state index contributed by atoms with van der Waals surface area (Å²) in [6.45, 7) is 0. The van der Waals surface area contributed by atoms with E-state index in [2.05, 4.69) is 0 Å². The van der Waals surface area contributed by atoms with Gasteiger partial charge < -0.3 is 5.73 Å². The molecule has 0 aromatic heterocycles. The van der Waals surface area contributed by atoms with Crippen molar-refractivity contribution in [2.45, 2.75) is 24.2 Å². The first-order chi connectivity index (χ1) is 7.49. The van der Waals surface area contributed by atoms with Crippen LogP contribution in [0.3, 0.4) is 0 Å². The largest absolute Gasteiger partial charge is 0.351 e. The number of sulfonamides is 1. The Morgan fingerprint density at radius 2 is 1.94 bits per heavy atom. The van der Waals surface area contributed by atoms with Crippen LogP contribution in [0.4, 0.5) is 4.79 Å². The Bertz CT molecular complexity index is 537. The number of primary amides is 1. The summed E-state index contributed by atoms with van der Waals surface area (Å²) in [6, 6.07) is 3.82. The maximum absolute atomic E-state index is 11.6. The highest BCUT2D eigenvalue weighted by Gasteiger charge is 2.19. The van der Waals surface area contributed by atoms with Gasteiger partial charge in [0, 0.05) is 0 Å². The van der Waals surface area contributed by atoms with E-state index in [-0.39, 0.29) is 4.90 Å². The molecule has 0 saturated carbocycles. The molecular formula is C10H12N2O3S. The number of aryl methyl sites for hydroxylation is 2. The number of carbonyl (C=O) groups is 1. The van der Waals surface area contributed by atoms with Crippen molar-refractivity contribution in [3.05, 3.63) is 29.3 Å². The highest BCUT2D eigenvalue weighted by molar-refractivity contribution is 7.90. The molecule has 0 fully saturated rings. The first-order valence-corrected chi connectivity index (χ1v) is 6.41. The summed E-state index contributed by atoms with van der Waals surface area (Å²) in [7, 11) is -3.81. The average Bonchev–Trinajstić information content (AvgIpc) is 2.61. The van der Waals surface area contributed by atoms with Crippen LogP contribution in [0.1, 0.15) is 17.5 Å². The summed E-state index contributed by atoms with van der Waals surface area (Å²) in [5.74, 6) is 0. The molecule has 1 aliphatic carbocycles. The second-order valence-corrected chi connectivity index (χ2v) is 5.44. The van der Waals surface area contributed by atoms with Crippen LogP contribution in [-0.2, 0) is 22.9 Å². The maximum Gasteiger partial charge on any atom is 0.326 e. The number of nitrogens with two attached hydrogens (primary N) is 1. The van der Waals surface area contributed by atoms with Crippen LogP contribution in [0, 0.1) is 0 Å². The van der Waals surface area contributed by atoms with E-state index < -0.39 is 16.1 Å². The van der Waals surface area contributed by atoms with Gasteiger partial charge in [0.05, 0.1) is 4.90 Å². The molecule has 3 N–H and O–H groups in total. The first-order valence-electron chi connectivity index (χ1n) is 4.93. The monoisotopic (exact) mass is 240 g/mol. The number of hydrogen-bond donors (Lipinski definition) is 2. The van der Waals surface area contributed by atoms with E-state index in [0.717, 1.165) is 24.8 Å². The fourth-order valence-corrected chi connectivity index (χ4v) is 2.83. The molecule has 16 heavy (non-hydrogen) atoms. The molecule has 1 aliphatic rings. The molecule has 0 heterocycles. The Balaban J connectivity index is 2.38. The van der Waals surface area contributed by atoms with Crippen LogP contribution in [-0.4, -0.2) is 14.4 Å². The van der Waals surface area contributed by atoms with Crippen LogP contribution in [0.25, 0.3) is 0 Å². The molecule has 86 valence electrons. The standard InChI is InChI=1S/C10H12N2O3S/c11-10(13)12-16(14,15)9-5-4-7-2-1-3-8(7)6-9/h4-6H,1-3H2,(H3,11,12,13). The zero-order valence-corrected chi connectivity index (χ0v) is 9.38. The van der Waals surface area contributed by atoms with Crippen molar-refractivity contribution in [1.29, 1.82) is 0 Å². The summed E-state index contributed by atoms with van der Waals surface area (Å²) in [4.78, 5) is 10.6. The first kappa shape index (κ1) is 10.9. The number of hydrogen-bond acceptors (Lipinski definition) is 3. The molecule has 0 radical (unpaired) electrons. The maximum atomic E-state index is 11.6. The SMILES string of the molecule is NC(=O)NS(=O)(=O)c1ccc2c(c1)CCC2. The van der Waals surface area contributed by atoms with E-state index in [9.17, 15) is 13.2 Å². The van der Waals surface area contributed by atoms with Gasteiger partial charge >= 0.3 is 6.03 Å². The van der Waals surface area contributed by atoms with Gasteiger partial charge in [-0.3, -0.25) is 0 Å². The van der Waals surface area contributed by atoms with Crippen molar-refractivity contribution < 1.29 is 13.2 Å². The minimum absolute atomic E-state index is 0.0898.